The lowest BCUT2D eigenvalue weighted by Gasteiger charge is -2.49. The summed E-state index contributed by atoms with van der Waals surface area (Å²) in [4.78, 5) is 0. The van der Waals surface area contributed by atoms with Crippen molar-refractivity contribution in [3.05, 3.63) is 23.0 Å². The Bertz CT molecular complexity index is 1570. The van der Waals surface area contributed by atoms with E-state index in [4.69, 9.17) is 47.4 Å². The summed E-state index contributed by atoms with van der Waals surface area (Å²) in [7, 11) is 0. The van der Waals surface area contributed by atoms with Gasteiger partial charge in [0.2, 0.25) is 12.6 Å². The van der Waals surface area contributed by atoms with Crippen molar-refractivity contribution >= 4 is 0 Å². The molecule has 12 unspecified atom stereocenters. The molecule has 20 N–H and O–H groups in total. The van der Waals surface area contributed by atoms with Crippen LogP contribution in [-0.4, -0.2) is 289 Å². The van der Waals surface area contributed by atoms with Crippen LogP contribution >= 0.6 is 0 Å². The third kappa shape index (κ3) is 11.6. The van der Waals surface area contributed by atoms with Crippen molar-refractivity contribution in [2.45, 2.75) is 160 Å². The minimum Gasteiger partial charge on any atom is -0.506 e. The van der Waals surface area contributed by atoms with Gasteiger partial charge >= 0.3 is 0 Å². The fourth-order valence-electron chi connectivity index (χ4n) is 7.75. The highest BCUT2D eigenvalue weighted by Gasteiger charge is 2.56. The zero-order valence-corrected chi connectivity index (χ0v) is 34.5. The van der Waals surface area contributed by atoms with Crippen LogP contribution in [0.3, 0.4) is 0 Å². The topological polar surface area (TPSA) is 497 Å². The maximum atomic E-state index is 11.2. The molecule has 0 saturated carbocycles. The molecule has 0 aromatic carbocycles. The van der Waals surface area contributed by atoms with Crippen LogP contribution in [0.15, 0.2) is 23.0 Å². The molecule has 30 heteroatoms. The van der Waals surface area contributed by atoms with Crippen LogP contribution in [0.5, 0.6) is 0 Å². The van der Waals surface area contributed by atoms with Crippen LogP contribution in [-0.2, 0) is 47.4 Å². The van der Waals surface area contributed by atoms with Gasteiger partial charge < -0.3 is 149 Å². The van der Waals surface area contributed by atoms with E-state index in [1.807, 2.05) is 0 Å². The Labute approximate surface area is 372 Å². The van der Waals surface area contributed by atoms with E-state index < -0.39 is 223 Å². The minimum atomic E-state index is -2.71. The fourth-order valence-corrected chi connectivity index (χ4v) is 7.75. The Morgan fingerprint density at radius 2 is 0.545 bits per heavy atom. The van der Waals surface area contributed by atoms with Crippen LogP contribution in [0.4, 0.5) is 0 Å². The molecule has 24 atom stereocenters. The van der Waals surface area contributed by atoms with Crippen LogP contribution in [0, 0.1) is 0 Å². The summed E-state index contributed by atoms with van der Waals surface area (Å²) in [5.74, 6) is -5.80. The molecule has 0 amide bonds. The molecule has 66 heavy (non-hydrogen) atoms. The van der Waals surface area contributed by atoms with Gasteiger partial charge in [-0.3, -0.25) is 0 Å². The van der Waals surface area contributed by atoms with Gasteiger partial charge in [-0.15, -0.1) is 0 Å². The highest BCUT2D eigenvalue weighted by molar-refractivity contribution is 5.11. The lowest BCUT2D eigenvalue weighted by molar-refractivity contribution is -0.390. The molecule has 10 heterocycles. The van der Waals surface area contributed by atoms with E-state index in [9.17, 15) is 102 Å². The number of hydrogen-bond donors (Lipinski definition) is 20. The normalized spacial score (nSPS) is 49.6. The molecule has 0 aromatic heterocycles. The van der Waals surface area contributed by atoms with E-state index in [1.165, 1.54) is 0 Å². The fraction of sp³-hybridized carbons (Fsp3) is 0.889. The van der Waals surface area contributed by atoms with Gasteiger partial charge in [-0.05, 0) is 0 Å². The molecule has 30 nitrogen and oxygen atoms in total. The Balaban J connectivity index is 1.52. The number of hydrogen-bond acceptors (Lipinski definition) is 30. The third-order valence-corrected chi connectivity index (χ3v) is 11.4. The summed E-state index contributed by atoms with van der Waals surface area (Å²) < 4.78 is 54.9. The molecule has 0 radical (unpaired) electrons. The first-order valence-electron chi connectivity index (χ1n) is 20.5. The first-order chi connectivity index (χ1) is 31.3. The van der Waals surface area contributed by atoms with Crippen LogP contribution < -0.4 is 0 Å². The second-order valence-electron chi connectivity index (χ2n) is 15.7. The molecule has 10 aliphatic heterocycles. The molecular formula is C36H60O30. The van der Waals surface area contributed by atoms with Crippen molar-refractivity contribution < 1.29 is 149 Å². The van der Waals surface area contributed by atoms with E-state index in [0.717, 1.165) is 0 Å². The zero-order valence-electron chi connectivity index (χ0n) is 34.5. The number of ether oxygens (including phenoxy) is 10. The maximum absolute atomic E-state index is 11.2. The highest BCUT2D eigenvalue weighted by Crippen LogP contribution is 2.36. The smallest absolute Gasteiger partial charge is 0.218 e. The number of aliphatic hydroxyl groups is 20. The predicted molar refractivity (Wildman–Crippen MR) is 200 cm³/mol. The predicted octanol–water partition coefficient (Wildman–Crippen LogP) is -9.88. The maximum Gasteiger partial charge on any atom is 0.218 e. The van der Waals surface area contributed by atoms with Gasteiger partial charge in [0.1, 0.15) is 110 Å². The number of aliphatic hydroxyl groups excluding tert-OH is 20. The molecule has 10 aliphatic rings. The van der Waals surface area contributed by atoms with Crippen molar-refractivity contribution in [1.29, 1.82) is 0 Å². The number of fused-ring (bicyclic) bond motifs is 2. The molecule has 384 valence electrons. The average molecular weight is 973 g/mol. The summed E-state index contributed by atoms with van der Waals surface area (Å²) in [6.45, 7) is -5.92. The Morgan fingerprint density at radius 3 is 0.833 bits per heavy atom. The van der Waals surface area contributed by atoms with Crippen LogP contribution in [0.25, 0.3) is 0 Å². The molecular weight excluding hydrogens is 912 g/mol. The first kappa shape index (κ1) is 54.6. The zero-order chi connectivity index (χ0) is 48.9. The second kappa shape index (κ2) is 24.0. The molecule has 10 rings (SSSR count). The summed E-state index contributed by atoms with van der Waals surface area (Å²) in [6.07, 6.45) is -51.0. The summed E-state index contributed by atoms with van der Waals surface area (Å²) in [6, 6.07) is 0. The van der Waals surface area contributed by atoms with Crippen molar-refractivity contribution in [1.82, 2.24) is 0 Å². The minimum absolute atomic E-state index is 0.660. The molecule has 4 saturated heterocycles. The Kier molecular flexibility index (Phi) is 19.8. The van der Waals surface area contributed by atoms with Gasteiger partial charge in [-0.1, -0.05) is 0 Å². The van der Waals surface area contributed by atoms with Crippen LogP contribution in [0.2, 0.25) is 0 Å². The van der Waals surface area contributed by atoms with E-state index in [-0.39, 0.29) is 0 Å². The van der Waals surface area contributed by atoms with Gasteiger partial charge in [0.05, 0.1) is 26.4 Å². The average Bonchev–Trinajstić information content (AvgIpc) is 3.30. The Morgan fingerprint density at radius 1 is 0.288 bits per heavy atom. The van der Waals surface area contributed by atoms with Crippen molar-refractivity contribution in [3.63, 3.8) is 0 Å². The summed E-state index contributed by atoms with van der Waals surface area (Å²) in [5, 5.41) is 214. The SMILES string of the molecule is OCC[C@H]1O[C@H](O)/C(O)=C(\O)[C@@H](CCO)O[C@H]2OC(CO)[C@@H](O[C@H]3OC(CO)[C@H](O[C@H]4OC(CO)[C@@H](O[C@H]5OC(CO)[C@@H](O[C@@H](O)/C(O)=C/1O)C(O)C5O)C(O)C4O)C(O)C3O)C(O)C2O. The first-order valence-corrected chi connectivity index (χ1v) is 20.5. The van der Waals surface area contributed by atoms with Crippen molar-refractivity contribution in [3.8, 4) is 0 Å². The van der Waals surface area contributed by atoms with Crippen LogP contribution in [0.1, 0.15) is 12.8 Å². The Hall–Kier alpha value is -2.36. The van der Waals surface area contributed by atoms with Gasteiger partial charge in [-0.2, -0.15) is 0 Å². The summed E-state index contributed by atoms with van der Waals surface area (Å²) >= 11 is 0. The number of rotatable bonds is 8. The van der Waals surface area contributed by atoms with E-state index in [0.29, 0.717) is 0 Å². The second-order valence-corrected chi connectivity index (χ2v) is 15.7. The van der Waals surface area contributed by atoms with E-state index >= 15 is 0 Å². The standard InChI is InChI=1S/C36H60O30/c37-3-1-9-15(43)22(50)32(56)63-27-11(5-39)60-34(24(52)17(27)45)65-29-13(7-41)62-36(26(54)19(29)47)66-30-14(8-42)61-35(25(53)20(30)48)64-28-12(6-40)59-33(23(51)18(28)46)58-10(2-4-38)16(44)21(49)31(55)57-9/h9-14,17-20,23-56H,1-8H2/b21-16+,22-15+/t9-,10-,11?,12?,13?,14?,17?,18?,19?,20?,23?,24?,25?,26?,27-,28-,29-,30+,31+,32-,33+,34-,35-,36-/m1/s1. The van der Waals surface area contributed by atoms with Crippen molar-refractivity contribution in [2.24, 2.45) is 0 Å². The van der Waals surface area contributed by atoms with Gasteiger partial charge in [-0.25, -0.2) is 0 Å². The molecule has 0 aliphatic carbocycles. The lowest BCUT2D eigenvalue weighted by atomic mass is 9.95. The van der Waals surface area contributed by atoms with E-state index in [1.54, 1.807) is 0 Å². The van der Waals surface area contributed by atoms with Gasteiger partial charge in [0.15, 0.2) is 48.2 Å². The quantitative estimate of drug-likeness (QED) is 0.107. The molecule has 8 bridgehead atoms. The van der Waals surface area contributed by atoms with E-state index in [2.05, 4.69) is 0 Å². The molecule has 4 fully saturated rings. The largest absolute Gasteiger partial charge is 0.506 e. The van der Waals surface area contributed by atoms with Crippen molar-refractivity contribution in [2.75, 3.05) is 39.6 Å². The van der Waals surface area contributed by atoms with Gasteiger partial charge in [0, 0.05) is 26.1 Å². The summed E-state index contributed by atoms with van der Waals surface area (Å²) in [5.41, 5.74) is 0. The van der Waals surface area contributed by atoms with Gasteiger partial charge in [0.25, 0.3) is 0 Å². The molecule has 0 aromatic rings. The molecule has 0 spiro atoms. The monoisotopic (exact) mass is 972 g/mol. The lowest BCUT2D eigenvalue weighted by Crippen LogP contribution is -2.67. The highest BCUT2D eigenvalue weighted by atomic mass is 16.8. The third-order valence-electron chi connectivity index (χ3n) is 11.4.